The number of imide groups is 1. The van der Waals surface area contributed by atoms with Gasteiger partial charge in [0, 0.05) is 47.7 Å². The van der Waals surface area contributed by atoms with E-state index in [1.54, 1.807) is 42.9 Å². The van der Waals surface area contributed by atoms with Crippen LogP contribution < -0.4 is 10.6 Å². The summed E-state index contributed by atoms with van der Waals surface area (Å²) < 4.78 is 1.42. The number of piperidine rings is 1. The standard InChI is InChI=1S/C22H19N7O4/c30-19-7-6-18(21(32)25-19)29-10-15-14(22(29)33)4-1-5-16(15)24-20(31)12-28-11-17(26-27-28)13-3-2-8-23-9-13/h1-5,8-9,11,18H,6-7,10,12H2,(H,24,31)(H,25,30,32). The molecule has 11 heteroatoms. The van der Waals surface area contributed by atoms with E-state index in [0.29, 0.717) is 22.5 Å². The van der Waals surface area contributed by atoms with Crippen LogP contribution in [0.5, 0.6) is 0 Å². The molecule has 0 saturated carbocycles. The summed E-state index contributed by atoms with van der Waals surface area (Å²) in [6.07, 6.45) is 5.43. The fraction of sp³-hybridized carbons (Fsp3) is 0.227. The minimum absolute atomic E-state index is 0.0677. The molecule has 0 bridgehead atoms. The number of nitrogens with zero attached hydrogens (tertiary/aromatic N) is 5. The van der Waals surface area contributed by atoms with Crippen molar-refractivity contribution in [2.75, 3.05) is 5.32 Å². The maximum Gasteiger partial charge on any atom is 0.255 e. The summed E-state index contributed by atoms with van der Waals surface area (Å²) in [5.41, 5.74) is 2.94. The first-order valence-corrected chi connectivity index (χ1v) is 10.4. The Morgan fingerprint density at radius 1 is 1.18 bits per heavy atom. The minimum atomic E-state index is -0.716. The molecular weight excluding hydrogens is 426 g/mol. The van der Waals surface area contributed by atoms with Gasteiger partial charge in [-0.15, -0.1) is 5.10 Å². The van der Waals surface area contributed by atoms with Crippen LogP contribution in [0.2, 0.25) is 0 Å². The van der Waals surface area contributed by atoms with Crippen LogP contribution in [0.4, 0.5) is 5.69 Å². The Bertz CT molecular complexity index is 1270. The third-order valence-corrected chi connectivity index (χ3v) is 5.66. The number of carbonyl (C=O) groups excluding carboxylic acids is 4. The molecule has 11 nitrogen and oxygen atoms in total. The lowest BCUT2D eigenvalue weighted by molar-refractivity contribution is -0.137. The normalized spacial score (nSPS) is 17.6. The quantitative estimate of drug-likeness (QED) is 0.552. The lowest BCUT2D eigenvalue weighted by atomic mass is 10.0. The largest absolute Gasteiger partial charge is 0.324 e. The van der Waals surface area contributed by atoms with Gasteiger partial charge in [-0.1, -0.05) is 11.3 Å². The van der Waals surface area contributed by atoms with E-state index in [-0.39, 0.29) is 43.7 Å². The van der Waals surface area contributed by atoms with E-state index in [1.807, 2.05) is 6.07 Å². The summed E-state index contributed by atoms with van der Waals surface area (Å²) in [5.74, 6) is -1.45. The van der Waals surface area contributed by atoms with Crippen molar-refractivity contribution < 1.29 is 19.2 Å². The first kappa shape index (κ1) is 20.5. The fourth-order valence-corrected chi connectivity index (χ4v) is 4.06. The van der Waals surface area contributed by atoms with Gasteiger partial charge in [0.15, 0.2) is 0 Å². The Balaban J connectivity index is 1.29. The Morgan fingerprint density at radius 2 is 2.06 bits per heavy atom. The summed E-state index contributed by atoms with van der Waals surface area (Å²) >= 11 is 0. The van der Waals surface area contributed by atoms with Crippen LogP contribution in [0.25, 0.3) is 11.3 Å². The molecule has 0 radical (unpaired) electrons. The van der Waals surface area contributed by atoms with Crippen molar-refractivity contribution in [3.63, 3.8) is 0 Å². The molecular formula is C22H19N7O4. The predicted molar refractivity (Wildman–Crippen MR) is 114 cm³/mol. The van der Waals surface area contributed by atoms with Crippen LogP contribution >= 0.6 is 0 Å². The Kier molecular flexibility index (Phi) is 5.13. The average molecular weight is 445 g/mol. The van der Waals surface area contributed by atoms with Gasteiger partial charge in [-0.25, -0.2) is 4.68 Å². The summed E-state index contributed by atoms with van der Waals surface area (Å²) in [7, 11) is 0. The van der Waals surface area contributed by atoms with Crippen LogP contribution in [-0.2, 0) is 27.5 Å². The molecule has 1 aromatic carbocycles. The molecule has 3 aromatic rings. The van der Waals surface area contributed by atoms with Crippen molar-refractivity contribution in [3.8, 4) is 11.3 Å². The number of fused-ring (bicyclic) bond motifs is 1. The van der Waals surface area contributed by atoms with Gasteiger partial charge in [0.25, 0.3) is 5.91 Å². The number of benzene rings is 1. The van der Waals surface area contributed by atoms with E-state index in [0.717, 1.165) is 5.56 Å². The predicted octanol–water partition coefficient (Wildman–Crippen LogP) is 0.740. The lowest BCUT2D eigenvalue weighted by Gasteiger charge is -2.29. The highest BCUT2D eigenvalue weighted by Gasteiger charge is 2.39. The Hall–Kier alpha value is -4.41. The molecule has 1 fully saturated rings. The molecule has 0 spiro atoms. The first-order valence-electron chi connectivity index (χ1n) is 10.4. The second kappa shape index (κ2) is 8.26. The summed E-state index contributed by atoms with van der Waals surface area (Å²) in [4.78, 5) is 54.8. The molecule has 1 atom stereocenters. The lowest BCUT2D eigenvalue weighted by Crippen LogP contribution is -2.52. The molecule has 4 heterocycles. The molecule has 2 N–H and O–H groups in total. The molecule has 5 rings (SSSR count). The highest BCUT2D eigenvalue weighted by atomic mass is 16.2. The molecule has 2 aliphatic rings. The minimum Gasteiger partial charge on any atom is -0.324 e. The van der Waals surface area contributed by atoms with Gasteiger partial charge >= 0.3 is 0 Å². The zero-order valence-electron chi connectivity index (χ0n) is 17.4. The highest BCUT2D eigenvalue weighted by Crippen LogP contribution is 2.32. The number of anilines is 1. The number of carbonyl (C=O) groups is 4. The van der Waals surface area contributed by atoms with E-state index in [4.69, 9.17) is 0 Å². The van der Waals surface area contributed by atoms with Gasteiger partial charge in [0.1, 0.15) is 18.3 Å². The van der Waals surface area contributed by atoms with Crippen molar-refractivity contribution >= 4 is 29.3 Å². The summed E-state index contributed by atoms with van der Waals surface area (Å²) in [6, 6.07) is 7.97. The molecule has 2 aromatic heterocycles. The van der Waals surface area contributed by atoms with Crippen LogP contribution in [0.3, 0.4) is 0 Å². The summed E-state index contributed by atoms with van der Waals surface area (Å²) in [5, 5.41) is 13.2. The molecule has 4 amide bonds. The number of aromatic nitrogens is 4. The third kappa shape index (κ3) is 3.95. The van der Waals surface area contributed by atoms with Gasteiger partial charge in [-0.2, -0.15) is 0 Å². The maximum atomic E-state index is 12.9. The van der Waals surface area contributed by atoms with Gasteiger partial charge in [-0.3, -0.25) is 29.5 Å². The van der Waals surface area contributed by atoms with E-state index < -0.39 is 11.9 Å². The first-order chi connectivity index (χ1) is 16.0. The third-order valence-electron chi connectivity index (χ3n) is 5.66. The average Bonchev–Trinajstić information content (AvgIpc) is 3.40. The number of amides is 4. The molecule has 1 unspecified atom stereocenters. The van der Waals surface area contributed by atoms with Crippen LogP contribution in [0.1, 0.15) is 28.8 Å². The SMILES string of the molecule is O=C1CCC(N2Cc3c(NC(=O)Cn4cc(-c5cccnc5)nn4)cccc3C2=O)C(=O)N1. The second-order valence-corrected chi connectivity index (χ2v) is 7.82. The van der Waals surface area contributed by atoms with E-state index in [2.05, 4.69) is 25.9 Å². The number of pyridine rings is 1. The van der Waals surface area contributed by atoms with Crippen molar-refractivity contribution in [1.82, 2.24) is 30.2 Å². The van der Waals surface area contributed by atoms with Crippen LogP contribution in [0.15, 0.2) is 48.9 Å². The molecule has 166 valence electrons. The van der Waals surface area contributed by atoms with Crippen molar-refractivity contribution in [2.24, 2.45) is 0 Å². The Morgan fingerprint density at radius 3 is 2.85 bits per heavy atom. The Labute approximate surface area is 187 Å². The van der Waals surface area contributed by atoms with Crippen LogP contribution in [-0.4, -0.2) is 54.5 Å². The van der Waals surface area contributed by atoms with Gasteiger partial charge in [0.05, 0.1) is 6.20 Å². The molecule has 0 aliphatic carbocycles. The summed E-state index contributed by atoms with van der Waals surface area (Å²) in [6.45, 7) is 0.104. The van der Waals surface area contributed by atoms with Gasteiger partial charge < -0.3 is 10.2 Å². The smallest absolute Gasteiger partial charge is 0.255 e. The number of rotatable bonds is 5. The zero-order chi connectivity index (χ0) is 22.9. The number of hydrogen-bond acceptors (Lipinski definition) is 7. The van der Waals surface area contributed by atoms with E-state index in [9.17, 15) is 19.2 Å². The van der Waals surface area contributed by atoms with E-state index >= 15 is 0 Å². The molecule has 1 saturated heterocycles. The number of nitrogens with one attached hydrogen (secondary N) is 2. The van der Waals surface area contributed by atoms with Crippen molar-refractivity contribution in [3.05, 3.63) is 60.0 Å². The fourth-order valence-electron chi connectivity index (χ4n) is 4.06. The highest BCUT2D eigenvalue weighted by molar-refractivity contribution is 6.06. The van der Waals surface area contributed by atoms with Gasteiger partial charge in [0.2, 0.25) is 17.7 Å². The monoisotopic (exact) mass is 445 g/mol. The zero-order valence-corrected chi connectivity index (χ0v) is 17.4. The second-order valence-electron chi connectivity index (χ2n) is 7.82. The topological polar surface area (TPSA) is 139 Å². The van der Waals surface area contributed by atoms with E-state index in [1.165, 1.54) is 9.58 Å². The maximum absolute atomic E-state index is 12.9. The van der Waals surface area contributed by atoms with Crippen LogP contribution in [0, 0.1) is 0 Å². The molecule has 33 heavy (non-hydrogen) atoms. The van der Waals surface area contributed by atoms with Gasteiger partial charge in [-0.05, 0) is 30.7 Å². The molecule has 2 aliphatic heterocycles. The van der Waals surface area contributed by atoms with Crippen molar-refractivity contribution in [2.45, 2.75) is 32.0 Å². The number of hydrogen-bond donors (Lipinski definition) is 2. The van der Waals surface area contributed by atoms with Crippen molar-refractivity contribution in [1.29, 1.82) is 0 Å².